The molecule has 1 saturated heterocycles. The van der Waals surface area contributed by atoms with E-state index in [4.69, 9.17) is 5.73 Å². The summed E-state index contributed by atoms with van der Waals surface area (Å²) in [5.74, 6) is 0.351. The Labute approximate surface area is 177 Å². The number of unbranched alkanes of at least 4 members (excludes halogenated alkanes) is 2. The van der Waals surface area contributed by atoms with Gasteiger partial charge in [0.05, 0.1) is 0 Å². The van der Waals surface area contributed by atoms with Gasteiger partial charge in [0, 0.05) is 17.4 Å². The van der Waals surface area contributed by atoms with Gasteiger partial charge in [-0.3, -0.25) is 10.1 Å². The van der Waals surface area contributed by atoms with Gasteiger partial charge in [-0.25, -0.2) is 4.79 Å². The number of likely N-dealkylation sites (tertiary alicyclic amines) is 1. The molecule has 0 unspecified atom stereocenters. The lowest BCUT2D eigenvalue weighted by atomic mass is 9.91. The summed E-state index contributed by atoms with van der Waals surface area (Å²) in [4.78, 5) is 34.2. The highest BCUT2D eigenvalue weighted by atomic mass is 16.2. The fourth-order valence-corrected chi connectivity index (χ4v) is 3.86. The molecule has 1 fully saturated rings. The first kappa shape index (κ1) is 22.0. The number of nitrogens with zero attached hydrogens (tertiary/aromatic N) is 2. The van der Waals surface area contributed by atoms with Crippen molar-refractivity contribution in [2.75, 3.05) is 36.8 Å². The zero-order valence-electron chi connectivity index (χ0n) is 17.6. The van der Waals surface area contributed by atoms with Crippen LogP contribution in [0.2, 0.25) is 0 Å². The number of amides is 2. The van der Waals surface area contributed by atoms with Gasteiger partial charge < -0.3 is 20.9 Å². The molecule has 0 radical (unpaired) electrons. The minimum absolute atomic E-state index is 0.146. The minimum Gasteiger partial charge on any atom is -0.332 e. The molecule has 1 aliphatic heterocycles. The van der Waals surface area contributed by atoms with E-state index >= 15 is 0 Å². The number of anilines is 2. The molecule has 0 aliphatic carbocycles. The summed E-state index contributed by atoms with van der Waals surface area (Å²) in [5, 5.41) is 5.36. The van der Waals surface area contributed by atoms with Crippen LogP contribution in [0.5, 0.6) is 0 Å². The molecular weight excluding hydrogens is 380 g/mol. The Hall–Kier alpha value is -2.71. The van der Waals surface area contributed by atoms with Crippen molar-refractivity contribution in [3.8, 4) is 0 Å². The molecular formula is C22H32N6O2. The van der Waals surface area contributed by atoms with Gasteiger partial charge in [0.15, 0.2) is 0 Å². The monoisotopic (exact) mass is 412 g/mol. The van der Waals surface area contributed by atoms with Crippen molar-refractivity contribution in [2.45, 2.75) is 44.9 Å². The van der Waals surface area contributed by atoms with Crippen molar-refractivity contribution >= 4 is 17.7 Å². The standard InChI is InChI=1S/C22H32N6O2/c1-16-7-3-4-8-19(16)25-22(30)27-21-24-15-18(20(29)26-21)17-9-13-28(14-10-17)12-6-2-5-11-23/h3-4,7-8,15,17H,2,5-6,9-14,23H2,1H3,(H3,24,25,26,27,29,30). The zero-order chi connectivity index (χ0) is 21.3. The molecule has 0 bridgehead atoms. The summed E-state index contributed by atoms with van der Waals surface area (Å²) in [6.45, 7) is 5.75. The van der Waals surface area contributed by atoms with Crippen molar-refractivity contribution < 1.29 is 4.79 Å². The van der Waals surface area contributed by atoms with Crippen molar-refractivity contribution in [1.82, 2.24) is 14.9 Å². The smallest absolute Gasteiger partial charge is 0.326 e. The lowest BCUT2D eigenvalue weighted by molar-refractivity contribution is 0.208. The van der Waals surface area contributed by atoms with E-state index in [2.05, 4.69) is 25.5 Å². The number of H-pyrrole nitrogens is 1. The Morgan fingerprint density at radius 2 is 1.97 bits per heavy atom. The van der Waals surface area contributed by atoms with Crippen LogP contribution in [-0.4, -0.2) is 47.1 Å². The number of aromatic nitrogens is 2. The average molecular weight is 413 g/mol. The number of hydrogen-bond donors (Lipinski definition) is 4. The highest BCUT2D eigenvalue weighted by Gasteiger charge is 2.23. The molecule has 8 nitrogen and oxygen atoms in total. The molecule has 0 atom stereocenters. The highest BCUT2D eigenvalue weighted by molar-refractivity contribution is 5.99. The maximum atomic E-state index is 12.5. The summed E-state index contributed by atoms with van der Waals surface area (Å²) in [6.07, 6.45) is 7.02. The number of nitrogens with one attached hydrogen (secondary N) is 3. The predicted octanol–water partition coefficient (Wildman–Crippen LogP) is 3.03. The van der Waals surface area contributed by atoms with E-state index in [0.29, 0.717) is 11.3 Å². The number of para-hydroxylation sites is 1. The lowest BCUT2D eigenvalue weighted by Gasteiger charge is -2.31. The minimum atomic E-state index is -0.442. The van der Waals surface area contributed by atoms with Crippen LogP contribution < -0.4 is 21.9 Å². The molecule has 30 heavy (non-hydrogen) atoms. The molecule has 1 aromatic heterocycles. The van der Waals surface area contributed by atoms with Crippen molar-refractivity contribution in [3.05, 3.63) is 51.9 Å². The fraction of sp³-hybridized carbons (Fsp3) is 0.500. The maximum absolute atomic E-state index is 12.5. The highest BCUT2D eigenvalue weighted by Crippen LogP contribution is 2.25. The van der Waals surface area contributed by atoms with Crippen LogP contribution in [0.3, 0.4) is 0 Å². The number of benzene rings is 1. The lowest BCUT2D eigenvalue weighted by Crippen LogP contribution is -2.35. The Morgan fingerprint density at radius 1 is 1.20 bits per heavy atom. The number of piperidine rings is 1. The van der Waals surface area contributed by atoms with Crippen molar-refractivity contribution in [2.24, 2.45) is 5.73 Å². The average Bonchev–Trinajstić information content (AvgIpc) is 2.74. The number of carbonyl (C=O) groups excluding carboxylic acids is 1. The van der Waals surface area contributed by atoms with Gasteiger partial charge in [0.25, 0.3) is 5.56 Å². The summed E-state index contributed by atoms with van der Waals surface area (Å²) < 4.78 is 0. The van der Waals surface area contributed by atoms with Gasteiger partial charge in [-0.2, -0.15) is 4.98 Å². The molecule has 5 N–H and O–H groups in total. The van der Waals surface area contributed by atoms with Crippen molar-refractivity contribution in [1.29, 1.82) is 0 Å². The Kier molecular flexibility index (Phi) is 7.98. The van der Waals surface area contributed by atoms with Crippen LogP contribution in [-0.2, 0) is 0 Å². The predicted molar refractivity (Wildman–Crippen MR) is 120 cm³/mol. The molecule has 0 spiro atoms. The first-order valence-electron chi connectivity index (χ1n) is 10.7. The third-order valence-electron chi connectivity index (χ3n) is 5.66. The van der Waals surface area contributed by atoms with Crippen LogP contribution in [0.15, 0.2) is 35.3 Å². The summed E-state index contributed by atoms with van der Waals surface area (Å²) >= 11 is 0. The molecule has 1 aliphatic rings. The molecule has 8 heteroatoms. The van der Waals surface area contributed by atoms with E-state index in [1.165, 1.54) is 12.8 Å². The molecule has 3 rings (SSSR count). The van der Waals surface area contributed by atoms with Gasteiger partial charge in [0.1, 0.15) is 0 Å². The van der Waals surface area contributed by atoms with Gasteiger partial charge in [-0.05, 0) is 76.3 Å². The van der Waals surface area contributed by atoms with E-state index in [0.717, 1.165) is 51.0 Å². The number of carbonyl (C=O) groups is 1. The second kappa shape index (κ2) is 10.9. The number of aryl methyl sites for hydroxylation is 1. The van der Waals surface area contributed by atoms with E-state index < -0.39 is 6.03 Å². The van der Waals surface area contributed by atoms with E-state index in [1.54, 1.807) is 6.20 Å². The normalized spacial score (nSPS) is 15.1. The maximum Gasteiger partial charge on any atom is 0.326 e. The second-order valence-corrected chi connectivity index (χ2v) is 7.87. The molecule has 2 amide bonds. The third-order valence-corrected chi connectivity index (χ3v) is 5.66. The SMILES string of the molecule is Cc1ccccc1NC(=O)Nc1nc(=O)c(C2CCN(CCCCCN)CC2)c[nH]1. The fourth-order valence-electron chi connectivity index (χ4n) is 3.86. The largest absolute Gasteiger partial charge is 0.332 e. The topological polar surface area (TPSA) is 116 Å². The summed E-state index contributed by atoms with van der Waals surface area (Å²) in [7, 11) is 0. The first-order chi connectivity index (χ1) is 14.6. The number of hydrogen-bond acceptors (Lipinski definition) is 5. The Bertz CT molecular complexity index is 889. The van der Waals surface area contributed by atoms with E-state index in [9.17, 15) is 9.59 Å². The van der Waals surface area contributed by atoms with Crippen molar-refractivity contribution in [3.63, 3.8) is 0 Å². The number of rotatable bonds is 8. The quantitative estimate of drug-likeness (QED) is 0.497. The van der Waals surface area contributed by atoms with Crippen LogP contribution in [0, 0.1) is 6.92 Å². The summed E-state index contributed by atoms with van der Waals surface area (Å²) in [5.41, 5.74) is 7.63. The van der Waals surface area contributed by atoms with Crippen LogP contribution >= 0.6 is 0 Å². The Balaban J connectivity index is 1.51. The van der Waals surface area contributed by atoms with Gasteiger partial charge >= 0.3 is 6.03 Å². The molecule has 2 heterocycles. The van der Waals surface area contributed by atoms with Crippen LogP contribution in [0.1, 0.15) is 49.1 Å². The van der Waals surface area contributed by atoms with Crippen LogP contribution in [0.4, 0.5) is 16.4 Å². The third kappa shape index (κ3) is 6.14. The molecule has 0 saturated carbocycles. The Morgan fingerprint density at radius 3 is 2.67 bits per heavy atom. The zero-order valence-corrected chi connectivity index (χ0v) is 17.6. The van der Waals surface area contributed by atoms with Gasteiger partial charge in [-0.1, -0.05) is 24.6 Å². The number of aromatic amines is 1. The number of urea groups is 1. The van der Waals surface area contributed by atoms with Gasteiger partial charge in [0.2, 0.25) is 5.95 Å². The molecule has 2 aromatic rings. The van der Waals surface area contributed by atoms with Crippen LogP contribution in [0.25, 0.3) is 0 Å². The van der Waals surface area contributed by atoms with E-state index in [-0.39, 0.29) is 17.4 Å². The number of nitrogens with two attached hydrogens (primary N) is 1. The van der Waals surface area contributed by atoms with E-state index in [1.807, 2.05) is 31.2 Å². The van der Waals surface area contributed by atoms with Gasteiger partial charge in [-0.15, -0.1) is 0 Å². The molecule has 1 aromatic carbocycles. The summed E-state index contributed by atoms with van der Waals surface area (Å²) in [6, 6.07) is 7.04. The second-order valence-electron chi connectivity index (χ2n) is 7.87. The first-order valence-corrected chi connectivity index (χ1v) is 10.7. The molecule has 162 valence electrons.